The normalized spacial score (nSPS) is 17.7. The third kappa shape index (κ3) is 4.23. The van der Waals surface area contributed by atoms with Crippen molar-refractivity contribution < 1.29 is 4.79 Å². The van der Waals surface area contributed by atoms with Gasteiger partial charge < -0.3 is 9.88 Å². The fourth-order valence-corrected chi connectivity index (χ4v) is 3.95. The van der Waals surface area contributed by atoms with Gasteiger partial charge >= 0.3 is 0 Å². The van der Waals surface area contributed by atoms with E-state index in [9.17, 15) is 4.79 Å². The fourth-order valence-electron chi connectivity index (χ4n) is 3.39. The zero-order valence-corrected chi connectivity index (χ0v) is 16.0. The molecule has 0 spiro atoms. The molecule has 0 saturated carbocycles. The third-order valence-corrected chi connectivity index (χ3v) is 5.51. The molecule has 1 atom stereocenters. The lowest BCUT2D eigenvalue weighted by Crippen LogP contribution is -2.40. The first kappa shape index (κ1) is 17.8. The minimum atomic E-state index is -0.00908. The van der Waals surface area contributed by atoms with E-state index >= 15 is 0 Å². The van der Waals surface area contributed by atoms with Gasteiger partial charge in [0.2, 0.25) is 5.91 Å². The number of piperidine rings is 1. The molecule has 1 aliphatic heterocycles. The lowest BCUT2D eigenvalue weighted by Gasteiger charge is -2.31. The van der Waals surface area contributed by atoms with E-state index in [-0.39, 0.29) is 11.8 Å². The molecule has 0 radical (unpaired) electrons. The summed E-state index contributed by atoms with van der Waals surface area (Å²) in [5.74, 6) is 0.998. The Morgan fingerprint density at radius 3 is 2.89 bits per heavy atom. The van der Waals surface area contributed by atoms with Crippen molar-refractivity contribution >= 4 is 22.9 Å². The Labute approximate surface area is 162 Å². The van der Waals surface area contributed by atoms with E-state index in [0.29, 0.717) is 0 Å². The molecule has 7 nitrogen and oxygen atoms in total. The molecule has 1 N–H and O–H groups in total. The van der Waals surface area contributed by atoms with Gasteiger partial charge in [-0.05, 0) is 31.5 Å². The Morgan fingerprint density at radius 1 is 1.33 bits per heavy atom. The Kier molecular flexibility index (Phi) is 5.26. The molecule has 27 heavy (non-hydrogen) atoms. The van der Waals surface area contributed by atoms with Gasteiger partial charge in [0.25, 0.3) is 0 Å². The molecule has 3 heterocycles. The van der Waals surface area contributed by atoms with Crippen molar-refractivity contribution in [3.8, 4) is 11.3 Å². The zero-order valence-electron chi connectivity index (χ0n) is 15.2. The Bertz CT molecular complexity index is 889. The van der Waals surface area contributed by atoms with E-state index in [1.165, 1.54) is 0 Å². The van der Waals surface area contributed by atoms with Crippen LogP contribution in [0.25, 0.3) is 11.3 Å². The van der Waals surface area contributed by atoms with Gasteiger partial charge in [-0.25, -0.2) is 4.98 Å². The van der Waals surface area contributed by atoms with Crippen LogP contribution >= 0.6 is 11.3 Å². The predicted octanol–water partition coefficient (Wildman–Crippen LogP) is 2.79. The number of hydrogen-bond donors (Lipinski definition) is 1. The molecule has 2 aromatic heterocycles. The quantitative estimate of drug-likeness (QED) is 0.734. The highest BCUT2D eigenvalue weighted by atomic mass is 32.1. The highest BCUT2D eigenvalue weighted by molar-refractivity contribution is 7.07. The van der Waals surface area contributed by atoms with E-state index in [0.717, 1.165) is 55.2 Å². The van der Waals surface area contributed by atoms with Gasteiger partial charge in [-0.2, -0.15) is 0 Å². The highest BCUT2D eigenvalue weighted by Crippen LogP contribution is 2.23. The summed E-state index contributed by atoms with van der Waals surface area (Å²) in [6.07, 6.45) is 3.63. The molecule has 1 aromatic carbocycles. The molecule has 140 valence electrons. The van der Waals surface area contributed by atoms with E-state index in [2.05, 4.69) is 25.4 Å². The maximum absolute atomic E-state index is 12.7. The van der Waals surface area contributed by atoms with E-state index < -0.39 is 0 Å². The van der Waals surface area contributed by atoms with Crippen LogP contribution in [0.4, 0.5) is 5.69 Å². The zero-order chi connectivity index (χ0) is 18.6. The summed E-state index contributed by atoms with van der Waals surface area (Å²) in [6, 6.07) is 7.86. The number of carbonyl (C=O) groups excluding carboxylic acids is 1. The number of hydrogen-bond acceptors (Lipinski definition) is 6. The molecule has 1 saturated heterocycles. The number of aryl methyl sites for hydroxylation is 1. The van der Waals surface area contributed by atoms with Gasteiger partial charge in [-0.15, -0.1) is 21.5 Å². The van der Waals surface area contributed by atoms with Crippen LogP contribution < -0.4 is 5.32 Å². The molecule has 1 amide bonds. The van der Waals surface area contributed by atoms with Crippen LogP contribution in [0.1, 0.15) is 18.7 Å². The molecule has 1 aliphatic rings. The molecule has 1 fully saturated rings. The van der Waals surface area contributed by atoms with Crippen molar-refractivity contribution in [2.45, 2.75) is 19.4 Å². The summed E-state index contributed by atoms with van der Waals surface area (Å²) >= 11 is 1.57. The minimum Gasteiger partial charge on any atom is -0.326 e. The molecule has 3 aromatic rings. The van der Waals surface area contributed by atoms with Crippen LogP contribution in [-0.2, 0) is 18.4 Å². The average molecular weight is 382 g/mol. The van der Waals surface area contributed by atoms with Crippen molar-refractivity contribution in [1.29, 1.82) is 0 Å². The molecule has 8 heteroatoms. The lowest BCUT2D eigenvalue weighted by atomic mass is 9.97. The summed E-state index contributed by atoms with van der Waals surface area (Å²) < 4.78 is 1.92. The third-order valence-electron chi connectivity index (χ3n) is 4.93. The van der Waals surface area contributed by atoms with Gasteiger partial charge in [-0.3, -0.25) is 9.69 Å². The van der Waals surface area contributed by atoms with E-state index in [4.69, 9.17) is 0 Å². The summed E-state index contributed by atoms with van der Waals surface area (Å²) in [6.45, 7) is 2.46. The monoisotopic (exact) mass is 382 g/mol. The van der Waals surface area contributed by atoms with Crippen molar-refractivity contribution in [2.24, 2.45) is 13.0 Å². The predicted molar refractivity (Wildman–Crippen MR) is 105 cm³/mol. The Morgan fingerprint density at radius 2 is 2.19 bits per heavy atom. The molecular weight excluding hydrogens is 360 g/mol. The second-order valence-electron chi connectivity index (χ2n) is 6.87. The highest BCUT2D eigenvalue weighted by Gasteiger charge is 2.26. The first-order valence-electron chi connectivity index (χ1n) is 9.04. The molecule has 0 bridgehead atoms. The number of anilines is 1. The van der Waals surface area contributed by atoms with Crippen LogP contribution in [0, 0.1) is 5.92 Å². The first-order valence-corrected chi connectivity index (χ1v) is 9.98. The summed E-state index contributed by atoms with van der Waals surface area (Å²) in [4.78, 5) is 19.3. The number of carbonyl (C=O) groups is 1. The standard InChI is InChI=1S/C19H22N6OS/c1-24-12-21-23-18(24)10-25-8-2-3-15(9-25)19(26)22-16-6-4-14(5-7-16)17-11-27-13-20-17/h4-7,11-13,15H,2-3,8-10H2,1H3,(H,22,26). The number of amides is 1. The van der Waals surface area contributed by atoms with Crippen LogP contribution in [0.5, 0.6) is 0 Å². The van der Waals surface area contributed by atoms with Gasteiger partial charge in [0.05, 0.1) is 23.7 Å². The average Bonchev–Trinajstić information content (AvgIpc) is 3.35. The molecule has 0 aliphatic carbocycles. The maximum atomic E-state index is 12.7. The van der Waals surface area contributed by atoms with E-state index in [1.807, 2.05) is 46.8 Å². The second-order valence-corrected chi connectivity index (χ2v) is 7.59. The van der Waals surface area contributed by atoms with Crippen LogP contribution in [0.15, 0.2) is 41.5 Å². The Balaban J connectivity index is 1.35. The van der Waals surface area contributed by atoms with Gasteiger partial charge in [0, 0.05) is 30.2 Å². The number of thiazole rings is 1. The van der Waals surface area contributed by atoms with Crippen LogP contribution in [-0.4, -0.2) is 43.6 Å². The number of rotatable bonds is 5. The van der Waals surface area contributed by atoms with Crippen molar-refractivity contribution in [2.75, 3.05) is 18.4 Å². The van der Waals surface area contributed by atoms with Crippen LogP contribution in [0.2, 0.25) is 0 Å². The number of nitrogens with one attached hydrogen (secondary N) is 1. The largest absolute Gasteiger partial charge is 0.326 e. The lowest BCUT2D eigenvalue weighted by molar-refractivity contribution is -0.121. The number of benzene rings is 1. The maximum Gasteiger partial charge on any atom is 0.228 e. The van der Waals surface area contributed by atoms with Gasteiger partial charge in [0.1, 0.15) is 12.2 Å². The number of likely N-dealkylation sites (tertiary alicyclic amines) is 1. The smallest absolute Gasteiger partial charge is 0.228 e. The minimum absolute atomic E-state index is 0.00908. The molecule has 1 unspecified atom stereocenters. The number of aromatic nitrogens is 4. The van der Waals surface area contributed by atoms with Crippen molar-refractivity contribution in [3.63, 3.8) is 0 Å². The van der Waals surface area contributed by atoms with Crippen molar-refractivity contribution in [1.82, 2.24) is 24.6 Å². The van der Waals surface area contributed by atoms with E-state index in [1.54, 1.807) is 17.7 Å². The summed E-state index contributed by atoms with van der Waals surface area (Å²) in [5.41, 5.74) is 4.66. The Hall–Kier alpha value is -2.58. The van der Waals surface area contributed by atoms with Gasteiger partial charge in [0.15, 0.2) is 0 Å². The van der Waals surface area contributed by atoms with Crippen molar-refractivity contribution in [3.05, 3.63) is 47.3 Å². The SMILES string of the molecule is Cn1cnnc1CN1CCCC(C(=O)Nc2ccc(-c3cscn3)cc2)C1. The summed E-state index contributed by atoms with van der Waals surface area (Å²) in [7, 11) is 1.94. The number of nitrogens with zero attached hydrogens (tertiary/aromatic N) is 5. The van der Waals surface area contributed by atoms with Gasteiger partial charge in [-0.1, -0.05) is 12.1 Å². The molecule has 4 rings (SSSR count). The molecular formula is C19H22N6OS. The van der Waals surface area contributed by atoms with Crippen LogP contribution in [0.3, 0.4) is 0 Å². The topological polar surface area (TPSA) is 75.9 Å². The second kappa shape index (κ2) is 7.98. The summed E-state index contributed by atoms with van der Waals surface area (Å²) in [5, 5.41) is 13.1. The fraction of sp³-hybridized carbons (Fsp3) is 0.368. The first-order chi connectivity index (χ1) is 13.2.